The first kappa shape index (κ1) is 17.6. The number of benzene rings is 1. The van der Waals surface area contributed by atoms with Gasteiger partial charge in [-0.15, -0.1) is 0 Å². The molecule has 0 spiro atoms. The molecule has 0 unspecified atom stereocenters. The lowest BCUT2D eigenvalue weighted by Crippen LogP contribution is -2.60. The molecule has 2 aromatic rings. The van der Waals surface area contributed by atoms with E-state index >= 15 is 0 Å². The van der Waals surface area contributed by atoms with Gasteiger partial charge in [0, 0.05) is 19.3 Å². The number of carbonyl (C=O) groups excluding carboxylic acids is 1. The van der Waals surface area contributed by atoms with Gasteiger partial charge in [-0.1, -0.05) is 30.3 Å². The van der Waals surface area contributed by atoms with Gasteiger partial charge in [0.2, 0.25) is 5.91 Å². The molecule has 6 heteroatoms. The van der Waals surface area contributed by atoms with Crippen LogP contribution in [-0.2, 0) is 16.9 Å². The molecule has 1 fully saturated rings. The molecule has 1 aromatic heterocycles. The highest BCUT2D eigenvalue weighted by Gasteiger charge is 2.44. The summed E-state index contributed by atoms with van der Waals surface area (Å²) in [5, 5.41) is 15.6. The number of rotatable bonds is 4. The van der Waals surface area contributed by atoms with Crippen LogP contribution < -0.4 is 0 Å². The molecule has 1 N–H and O–H groups in total. The molecule has 1 aliphatic heterocycles. The molecular weight excluding hydrogens is 316 g/mol. The number of hydrogen-bond donors (Lipinski definition) is 1. The molecule has 0 bridgehead atoms. The third-order valence-electron chi connectivity index (χ3n) is 5.02. The SMILES string of the molecule is Cc1cnn(CC(=O)N2CC[C@](O)(c3ccccc3)[C@H](N(C)C)C2)c1. The van der Waals surface area contributed by atoms with Crippen LogP contribution in [0, 0.1) is 6.92 Å². The summed E-state index contributed by atoms with van der Waals surface area (Å²) in [4.78, 5) is 16.5. The van der Waals surface area contributed by atoms with Crippen LogP contribution in [-0.4, -0.2) is 63.8 Å². The monoisotopic (exact) mass is 342 g/mol. The molecule has 1 amide bonds. The van der Waals surface area contributed by atoms with E-state index in [0.29, 0.717) is 19.5 Å². The summed E-state index contributed by atoms with van der Waals surface area (Å²) >= 11 is 0. The first-order valence-corrected chi connectivity index (χ1v) is 8.61. The smallest absolute Gasteiger partial charge is 0.244 e. The summed E-state index contributed by atoms with van der Waals surface area (Å²) in [6.07, 6.45) is 4.13. The van der Waals surface area contributed by atoms with Crippen LogP contribution >= 0.6 is 0 Å². The Morgan fingerprint density at radius 2 is 2.08 bits per heavy atom. The number of likely N-dealkylation sites (tertiary alicyclic amines) is 1. The van der Waals surface area contributed by atoms with Crippen molar-refractivity contribution < 1.29 is 9.90 Å². The highest BCUT2D eigenvalue weighted by molar-refractivity contribution is 5.76. The normalized spacial score (nSPS) is 23.9. The number of aromatic nitrogens is 2. The van der Waals surface area contributed by atoms with Gasteiger partial charge < -0.3 is 14.9 Å². The standard InChI is InChI=1S/C19H26N4O2/c1-15-11-20-23(12-15)14-18(24)22-10-9-19(25,17(13-22)21(2)3)16-7-5-4-6-8-16/h4-8,11-12,17,25H,9-10,13-14H2,1-3H3/t17-,19+/m1/s1. The maximum Gasteiger partial charge on any atom is 0.244 e. The predicted octanol–water partition coefficient (Wildman–Crippen LogP) is 1.24. The molecule has 2 atom stereocenters. The highest BCUT2D eigenvalue weighted by Crippen LogP contribution is 2.35. The van der Waals surface area contributed by atoms with Gasteiger partial charge in [0.1, 0.15) is 12.1 Å². The van der Waals surface area contributed by atoms with E-state index in [1.807, 2.05) is 67.3 Å². The molecule has 134 valence electrons. The zero-order chi connectivity index (χ0) is 18.0. The number of hydrogen-bond acceptors (Lipinski definition) is 4. The van der Waals surface area contributed by atoms with Crippen molar-refractivity contribution in [2.75, 3.05) is 27.2 Å². The number of nitrogens with zero attached hydrogens (tertiary/aromatic N) is 4. The molecule has 0 saturated carbocycles. The Kier molecular flexibility index (Phi) is 4.92. The summed E-state index contributed by atoms with van der Waals surface area (Å²) in [6.45, 7) is 3.22. The van der Waals surface area contributed by atoms with Gasteiger partial charge in [0.25, 0.3) is 0 Å². The Labute approximate surface area is 148 Å². The quantitative estimate of drug-likeness (QED) is 0.908. The van der Waals surface area contributed by atoms with E-state index in [1.165, 1.54) is 0 Å². The number of piperidine rings is 1. The van der Waals surface area contributed by atoms with Crippen molar-refractivity contribution >= 4 is 5.91 Å². The third kappa shape index (κ3) is 3.60. The molecule has 1 aliphatic rings. The largest absolute Gasteiger partial charge is 0.383 e. The fraction of sp³-hybridized carbons (Fsp3) is 0.474. The first-order valence-electron chi connectivity index (χ1n) is 8.61. The van der Waals surface area contributed by atoms with Crippen LogP contribution in [0.2, 0.25) is 0 Å². The van der Waals surface area contributed by atoms with Crippen LogP contribution in [0.4, 0.5) is 0 Å². The van der Waals surface area contributed by atoms with Crippen LogP contribution in [0.3, 0.4) is 0 Å². The number of amides is 1. The van der Waals surface area contributed by atoms with Crippen molar-refractivity contribution in [1.29, 1.82) is 0 Å². The Balaban J connectivity index is 1.76. The molecule has 2 heterocycles. The lowest BCUT2D eigenvalue weighted by molar-refractivity contribution is -0.142. The second-order valence-electron chi connectivity index (χ2n) is 7.07. The van der Waals surface area contributed by atoms with Crippen LogP contribution in [0.25, 0.3) is 0 Å². The Hall–Kier alpha value is -2.18. The summed E-state index contributed by atoms with van der Waals surface area (Å²) in [5.74, 6) is 0.0325. The van der Waals surface area contributed by atoms with Crippen LogP contribution in [0.5, 0.6) is 0 Å². The molecule has 1 saturated heterocycles. The average molecular weight is 342 g/mol. The van der Waals surface area contributed by atoms with Crippen LogP contribution in [0.1, 0.15) is 17.5 Å². The van der Waals surface area contributed by atoms with E-state index in [1.54, 1.807) is 10.9 Å². The molecule has 1 aromatic carbocycles. The minimum absolute atomic E-state index is 0.0325. The number of aliphatic hydroxyl groups is 1. The first-order chi connectivity index (χ1) is 11.9. The van der Waals surface area contributed by atoms with Gasteiger partial charge in [-0.05, 0) is 38.6 Å². The summed E-state index contributed by atoms with van der Waals surface area (Å²) < 4.78 is 1.67. The van der Waals surface area contributed by atoms with Crippen molar-refractivity contribution in [3.63, 3.8) is 0 Å². The van der Waals surface area contributed by atoms with Gasteiger partial charge in [-0.3, -0.25) is 9.48 Å². The Morgan fingerprint density at radius 3 is 2.68 bits per heavy atom. The van der Waals surface area contributed by atoms with Crippen molar-refractivity contribution in [3.05, 3.63) is 53.9 Å². The summed E-state index contributed by atoms with van der Waals surface area (Å²) in [6, 6.07) is 9.59. The topological polar surface area (TPSA) is 61.6 Å². The van der Waals surface area contributed by atoms with Crippen molar-refractivity contribution in [2.45, 2.75) is 31.5 Å². The minimum atomic E-state index is -0.955. The Morgan fingerprint density at radius 1 is 1.36 bits per heavy atom. The predicted molar refractivity (Wildman–Crippen MR) is 96.0 cm³/mol. The minimum Gasteiger partial charge on any atom is -0.383 e. The highest BCUT2D eigenvalue weighted by atomic mass is 16.3. The maximum atomic E-state index is 12.7. The molecule has 25 heavy (non-hydrogen) atoms. The van der Waals surface area contributed by atoms with Crippen molar-refractivity contribution in [2.24, 2.45) is 0 Å². The van der Waals surface area contributed by atoms with Gasteiger partial charge in [0.05, 0.1) is 12.2 Å². The van der Waals surface area contributed by atoms with Gasteiger partial charge in [-0.2, -0.15) is 5.10 Å². The van der Waals surface area contributed by atoms with Gasteiger partial charge in [-0.25, -0.2) is 0 Å². The second kappa shape index (κ2) is 6.98. The van der Waals surface area contributed by atoms with Crippen molar-refractivity contribution in [3.8, 4) is 0 Å². The lowest BCUT2D eigenvalue weighted by atomic mass is 9.80. The second-order valence-corrected chi connectivity index (χ2v) is 7.07. The molecule has 0 radical (unpaired) electrons. The maximum absolute atomic E-state index is 12.7. The zero-order valence-electron chi connectivity index (χ0n) is 15.1. The molecular formula is C19H26N4O2. The lowest BCUT2D eigenvalue weighted by Gasteiger charge is -2.47. The van der Waals surface area contributed by atoms with E-state index in [2.05, 4.69) is 5.10 Å². The van der Waals surface area contributed by atoms with E-state index < -0.39 is 5.60 Å². The third-order valence-corrected chi connectivity index (χ3v) is 5.02. The van der Waals surface area contributed by atoms with Crippen molar-refractivity contribution in [1.82, 2.24) is 19.6 Å². The average Bonchev–Trinajstić information content (AvgIpc) is 3.00. The summed E-state index contributed by atoms with van der Waals surface area (Å²) in [5.41, 5.74) is 0.990. The van der Waals surface area contributed by atoms with Crippen LogP contribution in [0.15, 0.2) is 42.7 Å². The van der Waals surface area contributed by atoms with E-state index in [4.69, 9.17) is 0 Å². The molecule has 3 rings (SSSR count). The Bertz CT molecular complexity index is 728. The van der Waals surface area contributed by atoms with E-state index in [-0.39, 0.29) is 18.5 Å². The number of carbonyl (C=O) groups is 1. The number of likely N-dealkylation sites (N-methyl/N-ethyl adjacent to an activating group) is 1. The van der Waals surface area contributed by atoms with Gasteiger partial charge >= 0.3 is 0 Å². The van der Waals surface area contributed by atoms with E-state index in [9.17, 15) is 9.90 Å². The number of aryl methyl sites for hydroxylation is 1. The summed E-state index contributed by atoms with van der Waals surface area (Å²) in [7, 11) is 3.90. The van der Waals surface area contributed by atoms with E-state index in [0.717, 1.165) is 11.1 Å². The molecule has 6 nitrogen and oxygen atoms in total. The fourth-order valence-electron chi connectivity index (χ4n) is 3.60. The van der Waals surface area contributed by atoms with Gasteiger partial charge in [0.15, 0.2) is 0 Å². The zero-order valence-corrected chi connectivity index (χ0v) is 15.1. The fourth-order valence-corrected chi connectivity index (χ4v) is 3.60. The molecule has 0 aliphatic carbocycles.